The van der Waals surface area contributed by atoms with Gasteiger partial charge >= 0.3 is 36.4 Å². The molecule has 0 heterocycles. The maximum Gasteiger partial charge on any atom is 2.00 e. The molecule has 0 aliphatic rings. The Balaban J connectivity index is 0. The van der Waals surface area contributed by atoms with E-state index in [1.807, 2.05) is 0 Å². The van der Waals surface area contributed by atoms with Crippen LogP contribution in [0.3, 0.4) is 0 Å². The summed E-state index contributed by atoms with van der Waals surface area (Å²) >= 11 is 0. The van der Waals surface area contributed by atoms with Gasteiger partial charge in [0.15, 0.2) is 0 Å². The Kier molecular flexibility index (Phi) is 4.43. The molecule has 0 saturated heterocycles. The third-order valence-corrected chi connectivity index (χ3v) is 1.39. The molecule has 1 aromatic carbocycles. The molecule has 0 unspecified atom stereocenters. The van der Waals surface area contributed by atoms with Crippen LogP contribution in [0, 0.1) is 0 Å². The third kappa shape index (κ3) is 2.71. The van der Waals surface area contributed by atoms with E-state index in [1.54, 1.807) is 0 Å². The van der Waals surface area contributed by atoms with Crippen molar-refractivity contribution in [2.45, 2.75) is 0 Å². The summed E-state index contributed by atoms with van der Waals surface area (Å²) in [6.45, 7) is 0. The molecule has 0 aromatic heterocycles. The normalized spacial score (nSPS) is 8.62. The van der Waals surface area contributed by atoms with Crippen LogP contribution in [0.2, 0.25) is 0 Å². The van der Waals surface area contributed by atoms with Crippen molar-refractivity contribution in [1.29, 1.82) is 0 Å². The molecule has 0 bridgehead atoms. The molecule has 0 radical (unpaired) electrons. The summed E-state index contributed by atoms with van der Waals surface area (Å²) in [5, 5.41) is 17.1. The Hall–Kier alpha value is -1.07. The van der Waals surface area contributed by atoms with Crippen molar-refractivity contribution in [2.24, 2.45) is 0 Å². The fourth-order valence-corrected chi connectivity index (χ4v) is 0.856. The van der Waals surface area contributed by atoms with Gasteiger partial charge in [-0.3, -0.25) is 0 Å². The summed E-state index contributed by atoms with van der Waals surface area (Å²) < 4.78 is 0. The second-order valence-corrected chi connectivity index (χ2v) is 2.16. The Morgan fingerprint density at radius 1 is 1.00 bits per heavy atom. The first-order valence-electron chi connectivity index (χ1n) is 3.18. The van der Waals surface area contributed by atoms with Crippen LogP contribution in [0.1, 0.15) is 22.1 Å². The largest absolute Gasteiger partial charge is 2.00 e. The van der Waals surface area contributed by atoms with Crippen LogP contribution in [-0.4, -0.2) is 45.2 Å². The summed E-state index contributed by atoms with van der Waals surface area (Å²) in [5.74, 6) is -2.46. The predicted molar refractivity (Wildman–Crippen MR) is 47.2 cm³/mol. The van der Waals surface area contributed by atoms with Crippen LogP contribution >= 0.6 is 0 Å². The fourth-order valence-electron chi connectivity index (χ4n) is 0.856. The van der Waals surface area contributed by atoms with E-state index in [-0.39, 0.29) is 35.6 Å². The number of carbonyl (C=O) groups is 2. The number of carboxylic acid groups (broad SMARTS) is 2. The number of benzene rings is 1. The molecule has 0 saturated carbocycles. The van der Waals surface area contributed by atoms with Gasteiger partial charge in [0.05, 0.1) is 11.1 Å². The van der Waals surface area contributed by atoms with Gasteiger partial charge in [0.2, 0.25) is 0 Å². The Bertz CT molecular complexity index is 307. The molecule has 0 aliphatic carbocycles. The van der Waals surface area contributed by atoms with E-state index in [0.29, 0.717) is 0 Å². The van der Waals surface area contributed by atoms with Crippen molar-refractivity contribution in [1.82, 2.24) is 0 Å². The van der Waals surface area contributed by atoms with E-state index in [4.69, 9.17) is 10.2 Å². The molecular weight excluding hydrogens is 184 g/mol. The van der Waals surface area contributed by atoms with Crippen LogP contribution in [-0.2, 0) is 0 Å². The minimum Gasteiger partial charge on any atom is -0.478 e. The average molecular weight is 191 g/mol. The van der Waals surface area contributed by atoms with Crippen LogP contribution in [0.25, 0.3) is 0 Å². The first-order chi connectivity index (χ1) is 5.63. The second-order valence-electron chi connectivity index (χ2n) is 2.16. The van der Waals surface area contributed by atoms with Crippen LogP contribution in [0.4, 0.5) is 0 Å². The summed E-state index contributed by atoms with van der Waals surface area (Å²) in [7, 11) is 0. The SMILES string of the molecule is O=C(O)c1ccccc1C(=O)O.[H+].[Mg+2]. The van der Waals surface area contributed by atoms with E-state index >= 15 is 0 Å². The zero-order valence-corrected chi connectivity index (χ0v) is 8.14. The third-order valence-electron chi connectivity index (χ3n) is 1.39. The molecule has 0 fully saturated rings. The second kappa shape index (κ2) is 4.83. The molecule has 0 amide bonds. The summed E-state index contributed by atoms with van der Waals surface area (Å²) in [4.78, 5) is 20.9. The Morgan fingerprint density at radius 2 is 1.31 bits per heavy atom. The molecule has 5 heteroatoms. The van der Waals surface area contributed by atoms with Gasteiger partial charge in [0, 0.05) is 0 Å². The van der Waals surface area contributed by atoms with Crippen molar-refractivity contribution < 1.29 is 21.2 Å². The first kappa shape index (κ1) is 11.9. The molecule has 2 N–H and O–H groups in total. The monoisotopic (exact) mass is 191 g/mol. The number of hydrogen-bond donors (Lipinski definition) is 2. The van der Waals surface area contributed by atoms with Crippen LogP contribution in [0.5, 0.6) is 0 Å². The molecule has 0 atom stereocenters. The fraction of sp³-hybridized carbons (Fsp3) is 0. The Labute approximate surface area is 91.8 Å². The van der Waals surface area contributed by atoms with E-state index in [9.17, 15) is 9.59 Å². The first-order valence-corrected chi connectivity index (χ1v) is 3.18. The van der Waals surface area contributed by atoms with Crippen LogP contribution < -0.4 is 0 Å². The molecule has 62 valence electrons. The van der Waals surface area contributed by atoms with Gasteiger partial charge in [-0.1, -0.05) is 12.1 Å². The molecule has 0 aliphatic heterocycles. The van der Waals surface area contributed by atoms with E-state index < -0.39 is 11.9 Å². The minimum atomic E-state index is -1.23. The zero-order valence-electron chi connectivity index (χ0n) is 7.73. The van der Waals surface area contributed by atoms with Gasteiger partial charge < -0.3 is 10.2 Å². The molecule has 1 aromatic rings. The maximum atomic E-state index is 10.5. The van der Waals surface area contributed by atoms with E-state index in [0.717, 1.165) is 0 Å². The maximum absolute atomic E-state index is 10.5. The number of hydrogen-bond acceptors (Lipinski definition) is 2. The van der Waals surface area contributed by atoms with Crippen molar-refractivity contribution in [3.63, 3.8) is 0 Å². The van der Waals surface area contributed by atoms with Gasteiger partial charge in [-0.2, -0.15) is 0 Å². The van der Waals surface area contributed by atoms with Gasteiger partial charge in [-0.15, -0.1) is 0 Å². The number of aromatic carboxylic acids is 2. The topological polar surface area (TPSA) is 74.6 Å². The van der Waals surface area contributed by atoms with Gasteiger partial charge in [0.25, 0.3) is 0 Å². The van der Waals surface area contributed by atoms with Crippen molar-refractivity contribution in [2.75, 3.05) is 0 Å². The van der Waals surface area contributed by atoms with E-state index in [1.165, 1.54) is 24.3 Å². The smallest absolute Gasteiger partial charge is 0.478 e. The van der Waals surface area contributed by atoms with Gasteiger partial charge in [-0.05, 0) is 12.1 Å². The molecule has 13 heavy (non-hydrogen) atoms. The van der Waals surface area contributed by atoms with Crippen molar-refractivity contribution in [3.05, 3.63) is 35.4 Å². The molecular formula is C8H7MgO4+3. The molecule has 1 rings (SSSR count). The molecule has 4 nitrogen and oxygen atoms in total. The van der Waals surface area contributed by atoms with Crippen molar-refractivity contribution in [3.8, 4) is 0 Å². The average Bonchev–Trinajstić information content (AvgIpc) is 2.04. The summed E-state index contributed by atoms with van der Waals surface area (Å²) in [6, 6.07) is 5.48. The summed E-state index contributed by atoms with van der Waals surface area (Å²) in [5.41, 5.74) is -0.380. The quantitative estimate of drug-likeness (QED) is 0.679. The standard InChI is InChI=1S/C8H6O4.Mg/c9-7(10)5-3-1-2-4-6(5)8(11)12;/h1-4H,(H,9,10)(H,11,12);/q;+2/p+1. The van der Waals surface area contributed by atoms with E-state index in [2.05, 4.69) is 0 Å². The van der Waals surface area contributed by atoms with Crippen LogP contribution in [0.15, 0.2) is 24.3 Å². The van der Waals surface area contributed by atoms with Gasteiger partial charge in [-0.25, -0.2) is 9.59 Å². The zero-order chi connectivity index (χ0) is 9.14. The minimum absolute atomic E-state index is 0. The number of carboxylic acids is 2. The van der Waals surface area contributed by atoms with Crippen molar-refractivity contribution >= 4 is 35.0 Å². The Morgan fingerprint density at radius 3 is 1.54 bits per heavy atom. The van der Waals surface area contributed by atoms with Gasteiger partial charge in [0.1, 0.15) is 0 Å². The predicted octanol–water partition coefficient (Wildman–Crippen LogP) is 0.815. The molecule has 0 spiro atoms. The number of rotatable bonds is 2. The summed E-state index contributed by atoms with van der Waals surface area (Å²) in [6.07, 6.45) is 0.